The number of halogens is 12. The lowest BCUT2D eigenvalue weighted by Crippen LogP contribution is -2.03. The lowest BCUT2D eigenvalue weighted by atomic mass is 9.93. The third-order valence-corrected chi connectivity index (χ3v) is 7.76. The zero-order chi connectivity index (χ0) is 32.9. The molecule has 0 saturated heterocycles. The van der Waals surface area contributed by atoms with E-state index >= 15 is 0 Å². The maximum atomic E-state index is 12.4. The molecule has 0 saturated carbocycles. The molecule has 0 aliphatic carbocycles. The zero-order valence-corrected chi connectivity index (χ0v) is 26.5. The molecule has 0 atom stereocenters. The summed E-state index contributed by atoms with van der Waals surface area (Å²) in [5.41, 5.74) is 7.50. The highest BCUT2D eigenvalue weighted by molar-refractivity contribution is 14.1. The van der Waals surface area contributed by atoms with Gasteiger partial charge in [-0.3, -0.25) is 9.97 Å². The Labute approximate surface area is 271 Å². The fourth-order valence-electron chi connectivity index (χ4n) is 3.66. The minimum atomic E-state index is -2.13. The van der Waals surface area contributed by atoms with Crippen LogP contribution in [0.4, 0.5) is 43.9 Å². The first kappa shape index (κ1) is 35.2. The summed E-state index contributed by atoms with van der Waals surface area (Å²) in [7, 11) is 0. The summed E-state index contributed by atoms with van der Waals surface area (Å²) >= 11 is 2.08. The Balaban J connectivity index is 0.000000192. The van der Waals surface area contributed by atoms with Gasteiger partial charge in [0.1, 0.15) is 0 Å². The number of rotatable bonds is 2. The van der Waals surface area contributed by atoms with Gasteiger partial charge in [0.15, 0.2) is 46.5 Å². The molecule has 2 aromatic heterocycles. The van der Waals surface area contributed by atoms with E-state index in [4.69, 9.17) is 0 Å². The predicted molar refractivity (Wildman–Crippen MR) is 160 cm³/mol. The van der Waals surface area contributed by atoms with Crippen LogP contribution in [0.3, 0.4) is 0 Å². The molecule has 0 bridgehead atoms. The zero-order valence-electron chi connectivity index (χ0n) is 22.2. The molecule has 0 amide bonds. The Morgan fingerprint density at radius 3 is 0.886 bits per heavy atom. The summed E-state index contributed by atoms with van der Waals surface area (Å²) in [6.07, 6.45) is 7.34. The van der Waals surface area contributed by atoms with Crippen LogP contribution in [0.15, 0.2) is 61.2 Å². The van der Waals surface area contributed by atoms with Gasteiger partial charge in [-0.2, -0.15) is 0 Å². The molecule has 0 aliphatic rings. The predicted octanol–water partition coefficient (Wildman–Crippen LogP) is 10.4. The van der Waals surface area contributed by atoms with Crippen LogP contribution in [-0.4, -0.2) is 9.97 Å². The molecule has 0 N–H and O–H groups in total. The lowest BCUT2D eigenvalue weighted by molar-refractivity contribution is 0.373. The second-order valence-corrected chi connectivity index (χ2v) is 10.9. The summed E-state index contributed by atoms with van der Waals surface area (Å²) < 4.78 is 121. The molecular weight excluding hydrogens is 832 g/mol. The second-order valence-electron chi connectivity index (χ2n) is 8.72. The van der Waals surface area contributed by atoms with Gasteiger partial charge in [-0.05, 0) is 117 Å². The topological polar surface area (TPSA) is 25.8 Å². The van der Waals surface area contributed by atoms with Crippen molar-refractivity contribution in [2.24, 2.45) is 0 Å². The van der Waals surface area contributed by atoms with Crippen molar-refractivity contribution in [1.29, 1.82) is 0 Å². The third-order valence-electron chi connectivity index (χ3n) is 5.87. The maximum absolute atomic E-state index is 12.4. The van der Waals surface area contributed by atoms with Crippen LogP contribution >= 0.6 is 45.2 Å². The van der Waals surface area contributed by atoms with Crippen LogP contribution in [0, 0.1) is 79.2 Å². The monoisotopic (exact) mass is 848 g/mol. The van der Waals surface area contributed by atoms with Gasteiger partial charge in [-0.15, -0.1) is 0 Å². The Kier molecular flexibility index (Phi) is 12.1. The molecule has 14 heteroatoms. The van der Waals surface area contributed by atoms with Crippen molar-refractivity contribution in [3.63, 3.8) is 0 Å². The quantitative estimate of drug-likeness (QED) is 0.0766. The van der Waals surface area contributed by atoms with E-state index in [9.17, 15) is 43.9 Å². The standard InChI is InChI=1S/C18H16N2.2C6F5I/c1-13-11-18(16-5-9-20-10-6-16)14(2)12-17(13)15-3-7-19-8-4-15;2*7-1-2(8)4(10)6(12)5(11)3(1)9/h3-12H,1-2H3;;. The number of pyridine rings is 2. The first-order chi connectivity index (χ1) is 20.7. The summed E-state index contributed by atoms with van der Waals surface area (Å²) in [6.45, 7) is 4.31. The summed E-state index contributed by atoms with van der Waals surface area (Å²) in [5.74, 6) is -19.1. The molecule has 44 heavy (non-hydrogen) atoms. The van der Waals surface area contributed by atoms with E-state index in [0.717, 1.165) is 45.2 Å². The van der Waals surface area contributed by atoms with E-state index in [1.807, 2.05) is 49.1 Å². The van der Waals surface area contributed by atoms with Gasteiger partial charge in [0.25, 0.3) is 0 Å². The minimum Gasteiger partial charge on any atom is -0.265 e. The SMILES string of the molecule is Cc1cc(-c2ccncc2)c(C)cc1-c1ccncc1.Fc1c(F)c(F)c(I)c(F)c1F.Fc1c(F)c(F)c(I)c(F)c1F. The number of hydrogen-bond acceptors (Lipinski definition) is 2. The third kappa shape index (κ3) is 7.68. The van der Waals surface area contributed by atoms with Crippen LogP contribution < -0.4 is 0 Å². The highest BCUT2D eigenvalue weighted by atomic mass is 127. The largest absolute Gasteiger partial charge is 0.265 e. The van der Waals surface area contributed by atoms with E-state index in [1.165, 1.54) is 33.4 Å². The average Bonchev–Trinajstić information content (AvgIpc) is 3.05. The number of benzene rings is 3. The van der Waals surface area contributed by atoms with Gasteiger partial charge in [-0.1, -0.05) is 12.1 Å². The number of aromatic nitrogens is 2. The second kappa shape index (κ2) is 15.1. The van der Waals surface area contributed by atoms with Crippen molar-refractivity contribution in [2.75, 3.05) is 0 Å². The van der Waals surface area contributed by atoms with Gasteiger partial charge in [-0.25, -0.2) is 43.9 Å². The van der Waals surface area contributed by atoms with Crippen molar-refractivity contribution in [2.45, 2.75) is 13.8 Å². The number of nitrogens with zero attached hydrogens (tertiary/aromatic N) is 2. The molecule has 230 valence electrons. The van der Waals surface area contributed by atoms with Crippen LogP contribution in [0.2, 0.25) is 0 Å². The number of hydrogen-bond donors (Lipinski definition) is 0. The maximum Gasteiger partial charge on any atom is 0.200 e. The summed E-state index contributed by atoms with van der Waals surface area (Å²) in [4.78, 5) is 8.16. The van der Waals surface area contributed by atoms with Crippen molar-refractivity contribution in [3.8, 4) is 22.3 Å². The normalized spacial score (nSPS) is 10.5. The first-order valence-corrected chi connectivity index (χ1v) is 14.1. The highest BCUT2D eigenvalue weighted by Gasteiger charge is 2.24. The summed E-state index contributed by atoms with van der Waals surface area (Å²) in [5, 5.41) is 0. The fraction of sp³-hybridized carbons (Fsp3) is 0.0667. The van der Waals surface area contributed by atoms with Crippen LogP contribution in [0.5, 0.6) is 0 Å². The average molecular weight is 848 g/mol. The Morgan fingerprint density at radius 1 is 0.409 bits per heavy atom. The van der Waals surface area contributed by atoms with Gasteiger partial charge >= 0.3 is 0 Å². The smallest absolute Gasteiger partial charge is 0.200 e. The van der Waals surface area contributed by atoms with Crippen LogP contribution in [0.25, 0.3) is 22.3 Å². The molecule has 5 rings (SSSR count). The van der Waals surface area contributed by atoms with Crippen molar-refractivity contribution < 1.29 is 43.9 Å². The van der Waals surface area contributed by atoms with E-state index in [2.05, 4.69) is 35.9 Å². The van der Waals surface area contributed by atoms with Crippen molar-refractivity contribution >= 4 is 45.2 Å². The van der Waals surface area contributed by atoms with Crippen LogP contribution in [0.1, 0.15) is 11.1 Å². The Morgan fingerprint density at radius 2 is 0.636 bits per heavy atom. The minimum absolute atomic E-state index is 0.899. The molecule has 0 spiro atoms. The van der Waals surface area contributed by atoms with Crippen molar-refractivity contribution in [1.82, 2.24) is 9.97 Å². The molecule has 0 radical (unpaired) electrons. The Hall–Kier alpha value is -3.28. The van der Waals surface area contributed by atoms with Gasteiger partial charge < -0.3 is 0 Å². The molecule has 0 unspecified atom stereocenters. The molecule has 0 fully saturated rings. The van der Waals surface area contributed by atoms with E-state index in [-0.39, 0.29) is 0 Å². The molecule has 5 aromatic rings. The summed E-state index contributed by atoms with van der Waals surface area (Å²) in [6, 6.07) is 12.7. The molecule has 2 nitrogen and oxygen atoms in total. The first-order valence-electron chi connectivity index (χ1n) is 11.9. The fourth-order valence-corrected chi connectivity index (χ4v) is 4.60. The Bertz CT molecular complexity index is 1460. The number of aryl methyl sites for hydroxylation is 2. The molecular formula is C30H16F10I2N2. The van der Waals surface area contributed by atoms with Gasteiger partial charge in [0, 0.05) is 24.8 Å². The van der Waals surface area contributed by atoms with E-state index in [1.54, 1.807) is 0 Å². The molecule has 2 heterocycles. The molecule has 3 aromatic carbocycles. The van der Waals surface area contributed by atoms with Gasteiger partial charge in [0.05, 0.1) is 7.14 Å². The molecule has 0 aliphatic heterocycles. The van der Waals surface area contributed by atoms with E-state index < -0.39 is 65.3 Å². The highest BCUT2D eigenvalue weighted by Crippen LogP contribution is 2.31. The van der Waals surface area contributed by atoms with E-state index in [0.29, 0.717) is 0 Å². The van der Waals surface area contributed by atoms with Gasteiger partial charge in [0.2, 0.25) is 11.6 Å². The van der Waals surface area contributed by atoms with Crippen LogP contribution in [-0.2, 0) is 0 Å². The lowest BCUT2D eigenvalue weighted by Gasteiger charge is -2.12. The van der Waals surface area contributed by atoms with Crippen molar-refractivity contribution in [3.05, 3.63) is 138 Å².